The Bertz CT molecular complexity index is 3920. The first kappa shape index (κ1) is 39.1. The third-order valence-corrected chi connectivity index (χ3v) is 12.9. The van der Waals surface area contributed by atoms with E-state index >= 15 is 0 Å². The van der Waals surface area contributed by atoms with E-state index in [0.717, 1.165) is 100.0 Å². The molecule has 0 fully saturated rings. The van der Waals surface area contributed by atoms with Crippen LogP contribution in [0.2, 0.25) is 0 Å². The second kappa shape index (κ2) is 16.3. The van der Waals surface area contributed by atoms with E-state index in [-0.39, 0.29) is 0 Å². The molecule has 0 saturated carbocycles. The SMILES string of the molecule is c1ccc(-c2nc(-c3ccccc3)nc(-c3cc(-c4ccccc4)c(-c4ccccc4)cc3-c3ccc(-c4cccc5c4oc4ccc6c7ccccc7n(-c7ccccc7)c6c45)nc3)n2)cc1. The molecular weight excluding hydrogens is 831 g/mol. The van der Waals surface area contributed by atoms with Crippen LogP contribution in [0.5, 0.6) is 0 Å². The summed E-state index contributed by atoms with van der Waals surface area (Å²) in [4.78, 5) is 20.8. The third kappa shape index (κ3) is 6.66. The van der Waals surface area contributed by atoms with Gasteiger partial charge < -0.3 is 8.98 Å². The minimum atomic E-state index is 0.569. The smallest absolute Gasteiger partial charge is 0.164 e. The Morgan fingerprint density at radius 2 is 0.882 bits per heavy atom. The van der Waals surface area contributed by atoms with Crippen LogP contribution in [-0.4, -0.2) is 24.5 Å². The highest BCUT2D eigenvalue weighted by Crippen LogP contribution is 2.45. The highest BCUT2D eigenvalue weighted by atomic mass is 16.3. The van der Waals surface area contributed by atoms with E-state index in [4.69, 9.17) is 24.4 Å². The zero-order valence-electron chi connectivity index (χ0n) is 36.7. The van der Waals surface area contributed by atoms with Crippen molar-refractivity contribution in [2.24, 2.45) is 0 Å². The zero-order valence-corrected chi connectivity index (χ0v) is 36.7. The summed E-state index contributed by atoms with van der Waals surface area (Å²) in [5.74, 6) is 1.77. The number of aromatic nitrogens is 5. The van der Waals surface area contributed by atoms with Gasteiger partial charge in [-0.1, -0.05) is 176 Å². The van der Waals surface area contributed by atoms with E-state index in [9.17, 15) is 0 Å². The van der Waals surface area contributed by atoms with Gasteiger partial charge in [-0.25, -0.2) is 15.0 Å². The van der Waals surface area contributed by atoms with Gasteiger partial charge in [-0.2, -0.15) is 0 Å². The number of hydrogen-bond donors (Lipinski definition) is 0. The molecule has 13 rings (SSSR count). The monoisotopic (exact) mass is 869 g/mol. The molecule has 6 heteroatoms. The molecule has 68 heavy (non-hydrogen) atoms. The van der Waals surface area contributed by atoms with Gasteiger partial charge in [-0.15, -0.1) is 0 Å². The third-order valence-electron chi connectivity index (χ3n) is 12.9. The molecule has 0 radical (unpaired) electrons. The van der Waals surface area contributed by atoms with E-state index < -0.39 is 0 Å². The number of pyridine rings is 1. The Kier molecular flexibility index (Phi) is 9.39. The minimum Gasteiger partial charge on any atom is -0.455 e. The summed E-state index contributed by atoms with van der Waals surface area (Å²) in [7, 11) is 0. The second-order valence-electron chi connectivity index (χ2n) is 17.0. The molecule has 4 aromatic heterocycles. The Morgan fingerprint density at radius 3 is 1.50 bits per heavy atom. The number of rotatable bonds is 8. The fourth-order valence-electron chi connectivity index (χ4n) is 9.76. The lowest BCUT2D eigenvalue weighted by Gasteiger charge is -2.18. The molecule has 9 aromatic carbocycles. The van der Waals surface area contributed by atoms with E-state index in [1.54, 1.807) is 0 Å². The highest BCUT2D eigenvalue weighted by molar-refractivity contribution is 6.25. The summed E-state index contributed by atoms with van der Waals surface area (Å²) in [6.45, 7) is 0. The summed E-state index contributed by atoms with van der Waals surface area (Å²) < 4.78 is 9.23. The van der Waals surface area contributed by atoms with Crippen LogP contribution in [0.1, 0.15) is 0 Å². The van der Waals surface area contributed by atoms with Crippen molar-refractivity contribution < 1.29 is 4.42 Å². The molecule has 4 heterocycles. The van der Waals surface area contributed by atoms with Crippen LogP contribution in [0.4, 0.5) is 0 Å². The van der Waals surface area contributed by atoms with Gasteiger partial charge in [-0.3, -0.25) is 4.98 Å². The van der Waals surface area contributed by atoms with Gasteiger partial charge in [0.1, 0.15) is 11.2 Å². The van der Waals surface area contributed by atoms with Gasteiger partial charge in [0.15, 0.2) is 17.5 Å². The molecule has 0 bridgehead atoms. The Morgan fingerprint density at radius 1 is 0.353 bits per heavy atom. The minimum absolute atomic E-state index is 0.569. The van der Waals surface area contributed by atoms with E-state index in [1.807, 2.05) is 66.9 Å². The van der Waals surface area contributed by atoms with Crippen molar-refractivity contribution in [3.05, 3.63) is 237 Å². The summed E-state index contributed by atoms with van der Waals surface area (Å²) in [5.41, 5.74) is 15.6. The van der Waals surface area contributed by atoms with Gasteiger partial charge >= 0.3 is 0 Å². The summed E-state index contributed by atoms with van der Waals surface area (Å²) >= 11 is 0. The fourth-order valence-corrected chi connectivity index (χ4v) is 9.76. The standard InChI is InChI=1S/C62H39N5O/c1-6-19-40(20-7-1)50-37-52(53(38-51(50)41-21-8-2-9-22-41)62-65-60(42-23-10-3-11-24-42)64-61(66-62)43-25-12-4-13-26-43)44-33-35-54(63-39-44)48-30-18-31-49-57-56(68-59(48)49)36-34-47-46-29-16-17-32-55(46)67(58(47)57)45-27-14-5-15-28-45/h1-39H. The summed E-state index contributed by atoms with van der Waals surface area (Å²) in [6.07, 6.45) is 1.97. The molecule has 6 nitrogen and oxygen atoms in total. The van der Waals surface area contributed by atoms with E-state index in [2.05, 4.69) is 174 Å². The molecule has 318 valence electrons. The normalized spacial score (nSPS) is 11.5. The van der Waals surface area contributed by atoms with Crippen LogP contribution >= 0.6 is 0 Å². The van der Waals surface area contributed by atoms with Crippen molar-refractivity contribution in [2.45, 2.75) is 0 Å². The average Bonchev–Trinajstić information content (AvgIpc) is 3.98. The maximum absolute atomic E-state index is 6.86. The van der Waals surface area contributed by atoms with Crippen molar-refractivity contribution in [3.8, 4) is 84.5 Å². The Balaban J connectivity index is 1.01. The van der Waals surface area contributed by atoms with Gasteiger partial charge in [0, 0.05) is 55.9 Å². The average molecular weight is 870 g/mol. The lowest BCUT2D eigenvalue weighted by atomic mass is 9.87. The lowest BCUT2D eigenvalue weighted by Crippen LogP contribution is -2.02. The molecule has 0 aliphatic carbocycles. The Hall–Kier alpha value is -9.26. The predicted molar refractivity (Wildman–Crippen MR) is 277 cm³/mol. The molecule has 0 N–H and O–H groups in total. The quantitative estimate of drug-likeness (QED) is 0.152. The first-order valence-electron chi connectivity index (χ1n) is 22.8. The van der Waals surface area contributed by atoms with Crippen molar-refractivity contribution in [1.82, 2.24) is 24.5 Å². The number of benzene rings is 9. The molecule has 0 aliphatic heterocycles. The maximum atomic E-state index is 6.86. The zero-order chi connectivity index (χ0) is 45.0. The number of furan rings is 1. The van der Waals surface area contributed by atoms with Crippen LogP contribution in [0, 0.1) is 0 Å². The van der Waals surface area contributed by atoms with Gasteiger partial charge in [0.25, 0.3) is 0 Å². The summed E-state index contributed by atoms with van der Waals surface area (Å²) in [6, 6.07) is 80.0. The topological polar surface area (TPSA) is 69.6 Å². The molecule has 0 unspecified atom stereocenters. The number of hydrogen-bond acceptors (Lipinski definition) is 5. The number of fused-ring (bicyclic) bond motifs is 7. The highest BCUT2D eigenvalue weighted by Gasteiger charge is 2.23. The number of nitrogens with zero attached hydrogens (tertiary/aromatic N) is 5. The first-order chi connectivity index (χ1) is 33.7. The largest absolute Gasteiger partial charge is 0.455 e. The summed E-state index contributed by atoms with van der Waals surface area (Å²) in [5, 5.41) is 4.50. The van der Waals surface area contributed by atoms with E-state index in [1.165, 1.54) is 10.8 Å². The molecule has 0 spiro atoms. The fraction of sp³-hybridized carbons (Fsp3) is 0. The first-order valence-corrected chi connectivity index (χ1v) is 22.8. The molecule has 0 saturated heterocycles. The molecule has 13 aromatic rings. The van der Waals surface area contributed by atoms with Crippen LogP contribution in [-0.2, 0) is 0 Å². The molecule has 0 amide bonds. The molecule has 0 aliphatic rings. The maximum Gasteiger partial charge on any atom is 0.164 e. The number of para-hydroxylation sites is 3. The van der Waals surface area contributed by atoms with Crippen LogP contribution in [0.25, 0.3) is 128 Å². The van der Waals surface area contributed by atoms with Crippen LogP contribution in [0.3, 0.4) is 0 Å². The predicted octanol–water partition coefficient (Wildman–Crippen LogP) is 15.9. The van der Waals surface area contributed by atoms with Crippen molar-refractivity contribution in [2.75, 3.05) is 0 Å². The van der Waals surface area contributed by atoms with Crippen molar-refractivity contribution >= 4 is 43.7 Å². The van der Waals surface area contributed by atoms with E-state index in [0.29, 0.717) is 17.5 Å². The van der Waals surface area contributed by atoms with Crippen LogP contribution in [0.15, 0.2) is 241 Å². The van der Waals surface area contributed by atoms with Crippen LogP contribution < -0.4 is 0 Å². The molecular formula is C62H39N5O. The second-order valence-corrected chi connectivity index (χ2v) is 17.0. The van der Waals surface area contributed by atoms with Gasteiger partial charge in [0.05, 0.1) is 22.1 Å². The van der Waals surface area contributed by atoms with Crippen molar-refractivity contribution in [1.29, 1.82) is 0 Å². The van der Waals surface area contributed by atoms with Gasteiger partial charge in [0.2, 0.25) is 0 Å². The van der Waals surface area contributed by atoms with Gasteiger partial charge in [-0.05, 0) is 82.4 Å². The molecule has 0 atom stereocenters. The Labute approximate surface area is 392 Å². The lowest BCUT2D eigenvalue weighted by molar-refractivity contribution is 0.670. The van der Waals surface area contributed by atoms with Crippen molar-refractivity contribution in [3.63, 3.8) is 0 Å².